The number of carbonyl (C=O) groups is 2. The number of methoxy groups -OCH3 is 2. The van der Waals surface area contributed by atoms with Gasteiger partial charge in [-0.25, -0.2) is 0 Å². The molecule has 0 aliphatic rings. The Morgan fingerprint density at radius 3 is 2.44 bits per heavy atom. The Morgan fingerprint density at radius 1 is 1.11 bits per heavy atom. The molecule has 2 aromatic carbocycles. The molecule has 144 valence electrons. The fraction of sp³-hybridized carbons (Fsp3) is 0.333. The zero-order valence-electron chi connectivity index (χ0n) is 16.5. The van der Waals surface area contributed by atoms with Gasteiger partial charge in [0.1, 0.15) is 18.0 Å². The first-order valence-electron chi connectivity index (χ1n) is 8.79. The maximum Gasteiger partial charge on any atom is 0.244 e. The van der Waals surface area contributed by atoms with E-state index in [0.29, 0.717) is 17.2 Å². The van der Waals surface area contributed by atoms with Crippen LogP contribution in [0.4, 0.5) is 11.4 Å². The first-order chi connectivity index (χ1) is 12.9. The molecule has 27 heavy (non-hydrogen) atoms. The molecule has 0 saturated carbocycles. The van der Waals surface area contributed by atoms with Crippen molar-refractivity contribution in [2.45, 2.75) is 27.2 Å². The van der Waals surface area contributed by atoms with Gasteiger partial charge >= 0.3 is 0 Å². The molecule has 0 fully saturated rings. The molecule has 0 bridgehead atoms. The lowest BCUT2D eigenvalue weighted by atomic mass is 10.0. The number of anilines is 2. The van der Waals surface area contributed by atoms with Gasteiger partial charge in [0.25, 0.3) is 0 Å². The molecule has 0 spiro atoms. The lowest BCUT2D eigenvalue weighted by Crippen LogP contribution is -2.37. The van der Waals surface area contributed by atoms with Crippen molar-refractivity contribution >= 4 is 23.2 Å². The number of para-hydroxylation sites is 1. The summed E-state index contributed by atoms with van der Waals surface area (Å²) in [5.41, 5.74) is 3.26. The minimum atomic E-state index is -0.318. The molecule has 0 aromatic heterocycles. The van der Waals surface area contributed by atoms with E-state index in [1.165, 1.54) is 18.9 Å². The number of hydrogen-bond donors (Lipinski definition) is 1. The molecule has 2 aromatic rings. The van der Waals surface area contributed by atoms with Crippen molar-refractivity contribution in [2.75, 3.05) is 31.0 Å². The highest BCUT2D eigenvalue weighted by Crippen LogP contribution is 2.30. The molecule has 0 unspecified atom stereocenters. The van der Waals surface area contributed by atoms with Crippen LogP contribution in [-0.2, 0) is 16.0 Å². The van der Waals surface area contributed by atoms with Gasteiger partial charge in [0.15, 0.2) is 0 Å². The summed E-state index contributed by atoms with van der Waals surface area (Å²) < 4.78 is 10.5. The van der Waals surface area contributed by atoms with Crippen molar-refractivity contribution in [1.82, 2.24) is 0 Å². The Bertz CT molecular complexity index is 833. The van der Waals surface area contributed by atoms with E-state index in [1.807, 2.05) is 32.0 Å². The van der Waals surface area contributed by atoms with Gasteiger partial charge in [0.2, 0.25) is 11.8 Å². The molecule has 1 N–H and O–H groups in total. The van der Waals surface area contributed by atoms with Crippen LogP contribution >= 0.6 is 0 Å². The van der Waals surface area contributed by atoms with Crippen LogP contribution in [0.15, 0.2) is 36.4 Å². The van der Waals surface area contributed by atoms with Crippen molar-refractivity contribution in [3.63, 3.8) is 0 Å². The number of carbonyl (C=O) groups excluding carboxylic acids is 2. The first kappa shape index (κ1) is 20.3. The lowest BCUT2D eigenvalue weighted by Gasteiger charge is -2.25. The zero-order chi connectivity index (χ0) is 20.0. The van der Waals surface area contributed by atoms with Gasteiger partial charge in [-0.15, -0.1) is 0 Å². The SMILES string of the molecule is CCc1cccc(C)c1N(CC(=O)Nc1cc(OC)ccc1OC)C(C)=O. The average Bonchev–Trinajstić information content (AvgIpc) is 2.65. The Hall–Kier alpha value is -3.02. The van der Waals surface area contributed by atoms with E-state index in [0.717, 1.165) is 23.2 Å². The summed E-state index contributed by atoms with van der Waals surface area (Å²) in [5, 5.41) is 2.81. The van der Waals surface area contributed by atoms with Gasteiger partial charge in [0.05, 0.1) is 25.6 Å². The number of nitrogens with zero attached hydrogens (tertiary/aromatic N) is 1. The van der Waals surface area contributed by atoms with Gasteiger partial charge in [-0.05, 0) is 36.6 Å². The number of amides is 2. The summed E-state index contributed by atoms with van der Waals surface area (Å²) in [6, 6.07) is 11.0. The number of benzene rings is 2. The van der Waals surface area contributed by atoms with E-state index in [1.54, 1.807) is 25.3 Å². The fourth-order valence-electron chi connectivity index (χ4n) is 2.98. The summed E-state index contributed by atoms with van der Waals surface area (Å²) in [5.74, 6) is 0.610. The molecule has 0 saturated heterocycles. The Kier molecular flexibility index (Phi) is 6.82. The third kappa shape index (κ3) is 4.78. The molecule has 0 radical (unpaired) electrons. The third-order valence-electron chi connectivity index (χ3n) is 4.33. The lowest BCUT2D eigenvalue weighted by molar-refractivity contribution is -0.120. The van der Waals surface area contributed by atoms with Crippen molar-refractivity contribution in [1.29, 1.82) is 0 Å². The molecule has 6 heteroatoms. The molecular weight excluding hydrogens is 344 g/mol. The number of ether oxygens (including phenoxy) is 2. The summed E-state index contributed by atoms with van der Waals surface area (Å²) in [7, 11) is 3.08. The number of rotatable bonds is 7. The number of aryl methyl sites for hydroxylation is 2. The van der Waals surface area contributed by atoms with E-state index < -0.39 is 0 Å². The summed E-state index contributed by atoms with van der Waals surface area (Å²) in [4.78, 5) is 26.5. The maximum absolute atomic E-state index is 12.7. The quantitative estimate of drug-likeness (QED) is 0.809. The molecule has 2 amide bonds. The molecule has 0 aliphatic carbocycles. The standard InChI is InChI=1S/C21H26N2O4/c1-6-16-9-7-8-14(2)21(16)23(15(3)24)13-20(25)22-18-12-17(26-4)10-11-19(18)27-5/h7-12H,6,13H2,1-5H3,(H,22,25). The third-order valence-corrected chi connectivity index (χ3v) is 4.33. The van der Waals surface area contributed by atoms with Crippen LogP contribution in [0.1, 0.15) is 25.0 Å². The highest BCUT2D eigenvalue weighted by molar-refractivity contribution is 6.03. The van der Waals surface area contributed by atoms with Gasteiger partial charge in [-0.2, -0.15) is 0 Å². The molecule has 0 aliphatic heterocycles. The van der Waals surface area contributed by atoms with E-state index in [2.05, 4.69) is 5.32 Å². The zero-order valence-corrected chi connectivity index (χ0v) is 16.5. The van der Waals surface area contributed by atoms with Crippen LogP contribution in [0.5, 0.6) is 11.5 Å². The summed E-state index contributed by atoms with van der Waals surface area (Å²) >= 11 is 0. The largest absolute Gasteiger partial charge is 0.497 e. The van der Waals surface area contributed by atoms with E-state index >= 15 is 0 Å². The Morgan fingerprint density at radius 2 is 1.85 bits per heavy atom. The van der Waals surface area contributed by atoms with Crippen molar-refractivity contribution < 1.29 is 19.1 Å². The van der Waals surface area contributed by atoms with Gasteiger partial charge in [-0.3, -0.25) is 9.59 Å². The number of hydrogen-bond acceptors (Lipinski definition) is 4. The minimum Gasteiger partial charge on any atom is -0.497 e. The second kappa shape index (κ2) is 9.07. The molecule has 2 rings (SSSR count). The Labute approximate surface area is 160 Å². The summed E-state index contributed by atoms with van der Waals surface area (Å²) in [6.07, 6.45) is 0.770. The first-order valence-corrected chi connectivity index (χ1v) is 8.79. The van der Waals surface area contributed by atoms with Crippen LogP contribution in [0.3, 0.4) is 0 Å². The second-order valence-corrected chi connectivity index (χ2v) is 6.16. The van der Waals surface area contributed by atoms with E-state index in [9.17, 15) is 9.59 Å². The second-order valence-electron chi connectivity index (χ2n) is 6.16. The topological polar surface area (TPSA) is 67.9 Å². The predicted octanol–water partition coefficient (Wildman–Crippen LogP) is 3.57. The molecular formula is C21H26N2O4. The van der Waals surface area contributed by atoms with Crippen LogP contribution in [0.25, 0.3) is 0 Å². The molecule has 6 nitrogen and oxygen atoms in total. The highest BCUT2D eigenvalue weighted by Gasteiger charge is 2.21. The van der Waals surface area contributed by atoms with Crippen molar-refractivity contribution in [2.24, 2.45) is 0 Å². The molecule has 0 heterocycles. The monoisotopic (exact) mass is 370 g/mol. The normalized spacial score (nSPS) is 10.3. The predicted molar refractivity (Wildman–Crippen MR) is 107 cm³/mol. The average molecular weight is 370 g/mol. The van der Waals surface area contributed by atoms with E-state index in [-0.39, 0.29) is 18.4 Å². The van der Waals surface area contributed by atoms with Gasteiger partial charge < -0.3 is 19.7 Å². The van der Waals surface area contributed by atoms with Gasteiger partial charge in [-0.1, -0.05) is 25.1 Å². The summed E-state index contributed by atoms with van der Waals surface area (Å²) in [6.45, 7) is 5.34. The van der Waals surface area contributed by atoms with Crippen LogP contribution in [0, 0.1) is 6.92 Å². The highest BCUT2D eigenvalue weighted by atomic mass is 16.5. The van der Waals surface area contributed by atoms with Crippen molar-refractivity contribution in [3.05, 3.63) is 47.5 Å². The van der Waals surface area contributed by atoms with E-state index in [4.69, 9.17) is 9.47 Å². The molecule has 0 atom stereocenters. The Balaban J connectivity index is 2.28. The minimum absolute atomic E-state index is 0.0897. The number of nitrogens with one attached hydrogen (secondary N) is 1. The van der Waals surface area contributed by atoms with Crippen LogP contribution < -0.4 is 19.7 Å². The fourth-order valence-corrected chi connectivity index (χ4v) is 2.98. The van der Waals surface area contributed by atoms with Gasteiger partial charge in [0, 0.05) is 13.0 Å². The van der Waals surface area contributed by atoms with Crippen LogP contribution in [-0.4, -0.2) is 32.6 Å². The smallest absolute Gasteiger partial charge is 0.244 e. The van der Waals surface area contributed by atoms with Crippen LogP contribution in [0.2, 0.25) is 0 Å². The maximum atomic E-state index is 12.7. The van der Waals surface area contributed by atoms with Crippen molar-refractivity contribution in [3.8, 4) is 11.5 Å².